The quantitative estimate of drug-likeness (QED) is 0.825. The second-order valence-corrected chi connectivity index (χ2v) is 8.44. The Balaban J connectivity index is 1.57. The van der Waals surface area contributed by atoms with Crippen molar-refractivity contribution in [2.24, 2.45) is 11.8 Å². The van der Waals surface area contributed by atoms with E-state index >= 15 is 0 Å². The zero-order valence-corrected chi connectivity index (χ0v) is 13.2. The molecule has 1 saturated carbocycles. The van der Waals surface area contributed by atoms with Gasteiger partial charge in [0.2, 0.25) is 0 Å². The highest BCUT2D eigenvalue weighted by Gasteiger charge is 2.46. The first-order valence-electron chi connectivity index (χ1n) is 8.09. The minimum atomic E-state index is -3.19. The summed E-state index contributed by atoms with van der Waals surface area (Å²) in [6.45, 7) is 6.30. The molecule has 0 spiro atoms. The highest BCUT2D eigenvalue weighted by atomic mass is 32.2. The summed E-state index contributed by atoms with van der Waals surface area (Å²) in [5, 5.41) is 3.37. The molecule has 0 aromatic rings. The third-order valence-corrected chi connectivity index (χ3v) is 7.30. The first-order valence-corrected chi connectivity index (χ1v) is 9.48. The molecule has 116 valence electrons. The lowest BCUT2D eigenvalue weighted by Crippen LogP contribution is -2.50. The van der Waals surface area contributed by atoms with Crippen LogP contribution in [0.15, 0.2) is 0 Å². The lowest BCUT2D eigenvalue weighted by atomic mass is 9.98. The van der Waals surface area contributed by atoms with E-state index in [0.29, 0.717) is 31.0 Å². The van der Waals surface area contributed by atoms with Crippen molar-refractivity contribution in [1.82, 2.24) is 13.9 Å². The number of nitrogens with zero attached hydrogens (tertiary/aromatic N) is 2. The van der Waals surface area contributed by atoms with Crippen LogP contribution in [0.3, 0.4) is 0 Å². The van der Waals surface area contributed by atoms with Gasteiger partial charge >= 0.3 is 0 Å². The van der Waals surface area contributed by atoms with E-state index in [1.807, 2.05) is 0 Å². The number of piperidine rings is 2. The molecule has 1 aliphatic carbocycles. The molecule has 2 aliphatic heterocycles. The normalized spacial score (nSPS) is 33.0. The largest absolute Gasteiger partial charge is 0.317 e. The van der Waals surface area contributed by atoms with Crippen molar-refractivity contribution in [2.45, 2.75) is 45.1 Å². The molecule has 0 radical (unpaired) electrons. The molecule has 20 heavy (non-hydrogen) atoms. The molecule has 2 bridgehead atoms. The van der Waals surface area contributed by atoms with Crippen LogP contribution in [0.2, 0.25) is 0 Å². The summed E-state index contributed by atoms with van der Waals surface area (Å²) in [4.78, 5) is 0. The first-order chi connectivity index (χ1) is 9.61. The molecule has 0 aromatic carbocycles. The van der Waals surface area contributed by atoms with Crippen molar-refractivity contribution in [3.63, 3.8) is 0 Å². The standard InChI is InChI=1S/C14H27N3O2S/c1-2-15-10-12-5-7-16(8-6-12)20(18,19)17-11-13-3-4-14(17)9-13/h12-15H,2-11H2,1H3. The van der Waals surface area contributed by atoms with E-state index < -0.39 is 10.2 Å². The van der Waals surface area contributed by atoms with Crippen molar-refractivity contribution in [3.05, 3.63) is 0 Å². The zero-order chi connectivity index (χ0) is 14.2. The lowest BCUT2D eigenvalue weighted by molar-refractivity contribution is 0.238. The van der Waals surface area contributed by atoms with Crippen LogP contribution in [0.5, 0.6) is 0 Å². The average Bonchev–Trinajstić information content (AvgIpc) is 3.08. The second-order valence-electron chi connectivity index (χ2n) is 6.56. The second kappa shape index (κ2) is 5.91. The van der Waals surface area contributed by atoms with Gasteiger partial charge in [-0.15, -0.1) is 0 Å². The summed E-state index contributed by atoms with van der Waals surface area (Å²) >= 11 is 0. The van der Waals surface area contributed by atoms with Gasteiger partial charge < -0.3 is 5.32 Å². The van der Waals surface area contributed by atoms with Crippen LogP contribution in [-0.4, -0.2) is 55.8 Å². The maximum absolute atomic E-state index is 12.7. The maximum Gasteiger partial charge on any atom is 0.282 e. The Morgan fingerprint density at radius 1 is 1.15 bits per heavy atom. The molecule has 2 atom stereocenters. The molecule has 1 N–H and O–H groups in total. The molecule has 5 nitrogen and oxygen atoms in total. The Morgan fingerprint density at radius 3 is 2.45 bits per heavy atom. The van der Waals surface area contributed by atoms with Crippen LogP contribution in [0.25, 0.3) is 0 Å². The van der Waals surface area contributed by atoms with Crippen molar-refractivity contribution in [2.75, 3.05) is 32.7 Å². The summed E-state index contributed by atoms with van der Waals surface area (Å²) < 4.78 is 29.0. The van der Waals surface area contributed by atoms with E-state index in [4.69, 9.17) is 0 Å². The topological polar surface area (TPSA) is 52.7 Å². The van der Waals surface area contributed by atoms with Crippen LogP contribution < -0.4 is 5.32 Å². The number of hydrogen-bond donors (Lipinski definition) is 1. The Kier molecular flexibility index (Phi) is 4.36. The molecule has 3 aliphatic rings. The highest BCUT2D eigenvalue weighted by Crippen LogP contribution is 2.40. The minimum Gasteiger partial charge on any atom is -0.317 e. The van der Waals surface area contributed by atoms with Gasteiger partial charge in [0.1, 0.15) is 0 Å². The van der Waals surface area contributed by atoms with Crippen molar-refractivity contribution in [1.29, 1.82) is 0 Å². The first kappa shape index (κ1) is 14.8. The van der Waals surface area contributed by atoms with Crippen LogP contribution >= 0.6 is 0 Å². The van der Waals surface area contributed by atoms with Crippen LogP contribution in [0.4, 0.5) is 0 Å². The zero-order valence-electron chi connectivity index (χ0n) is 12.4. The molecule has 2 saturated heterocycles. The van der Waals surface area contributed by atoms with E-state index in [-0.39, 0.29) is 0 Å². The molecule has 3 fully saturated rings. The molecule has 0 amide bonds. The molecular formula is C14H27N3O2S. The summed E-state index contributed by atoms with van der Waals surface area (Å²) in [5.41, 5.74) is 0. The summed E-state index contributed by atoms with van der Waals surface area (Å²) in [7, 11) is -3.19. The predicted octanol–water partition coefficient (Wildman–Crippen LogP) is 1.04. The molecule has 2 heterocycles. The monoisotopic (exact) mass is 301 g/mol. The van der Waals surface area contributed by atoms with E-state index in [2.05, 4.69) is 12.2 Å². The Hall–Kier alpha value is -0.170. The predicted molar refractivity (Wildman–Crippen MR) is 79.6 cm³/mol. The Bertz CT molecular complexity index is 432. The van der Waals surface area contributed by atoms with Gasteiger partial charge in [0, 0.05) is 25.7 Å². The fourth-order valence-electron chi connectivity index (χ4n) is 4.00. The van der Waals surface area contributed by atoms with Crippen LogP contribution in [0, 0.1) is 11.8 Å². The fraction of sp³-hybridized carbons (Fsp3) is 1.00. The summed E-state index contributed by atoms with van der Waals surface area (Å²) in [6.07, 6.45) is 5.38. The highest BCUT2D eigenvalue weighted by molar-refractivity contribution is 7.86. The SMILES string of the molecule is CCNCC1CCN(S(=O)(=O)N2CC3CCC2C3)CC1. The van der Waals surface area contributed by atoms with Gasteiger partial charge in [-0.2, -0.15) is 17.0 Å². The number of nitrogens with one attached hydrogen (secondary N) is 1. The fourth-order valence-corrected chi connectivity index (χ4v) is 5.94. The molecule has 2 unspecified atom stereocenters. The molecule has 0 aromatic heterocycles. The van der Waals surface area contributed by atoms with E-state index in [0.717, 1.165) is 45.3 Å². The maximum atomic E-state index is 12.7. The molecule has 6 heteroatoms. The van der Waals surface area contributed by atoms with Crippen molar-refractivity contribution in [3.8, 4) is 0 Å². The molecule has 3 rings (SSSR count). The van der Waals surface area contributed by atoms with Gasteiger partial charge in [0.15, 0.2) is 0 Å². The van der Waals surface area contributed by atoms with Crippen molar-refractivity contribution < 1.29 is 8.42 Å². The van der Waals surface area contributed by atoms with Gasteiger partial charge in [0.25, 0.3) is 10.2 Å². The van der Waals surface area contributed by atoms with Gasteiger partial charge in [-0.1, -0.05) is 6.92 Å². The molecular weight excluding hydrogens is 274 g/mol. The van der Waals surface area contributed by atoms with Crippen LogP contribution in [0.1, 0.15) is 39.0 Å². The van der Waals surface area contributed by atoms with Crippen LogP contribution in [-0.2, 0) is 10.2 Å². The van der Waals surface area contributed by atoms with Gasteiger partial charge in [-0.25, -0.2) is 0 Å². The van der Waals surface area contributed by atoms with Gasteiger partial charge in [0.05, 0.1) is 0 Å². The van der Waals surface area contributed by atoms with E-state index in [1.54, 1.807) is 8.61 Å². The Labute approximate surface area is 122 Å². The van der Waals surface area contributed by atoms with E-state index in [9.17, 15) is 8.42 Å². The van der Waals surface area contributed by atoms with Crippen molar-refractivity contribution >= 4 is 10.2 Å². The van der Waals surface area contributed by atoms with Gasteiger partial charge in [-0.05, 0) is 57.0 Å². The average molecular weight is 301 g/mol. The third kappa shape index (κ3) is 2.75. The Morgan fingerprint density at radius 2 is 1.90 bits per heavy atom. The third-order valence-electron chi connectivity index (χ3n) is 5.24. The smallest absolute Gasteiger partial charge is 0.282 e. The minimum absolute atomic E-state index is 0.296. The van der Waals surface area contributed by atoms with Gasteiger partial charge in [-0.3, -0.25) is 0 Å². The number of rotatable bonds is 5. The van der Waals surface area contributed by atoms with E-state index in [1.165, 1.54) is 6.42 Å². The summed E-state index contributed by atoms with van der Waals surface area (Å²) in [5.74, 6) is 1.26. The number of hydrogen-bond acceptors (Lipinski definition) is 3. The lowest BCUT2D eigenvalue weighted by Gasteiger charge is -2.36. The summed E-state index contributed by atoms with van der Waals surface area (Å²) in [6, 6.07) is 0.296. The number of fused-ring (bicyclic) bond motifs is 2.